The number of hydrogen-bond donors (Lipinski definition) is 1. The van der Waals surface area contributed by atoms with E-state index in [4.69, 9.17) is 0 Å². The summed E-state index contributed by atoms with van der Waals surface area (Å²) in [6.07, 6.45) is 1.27. The monoisotopic (exact) mass is 327 g/mol. The number of imide groups is 1. The summed E-state index contributed by atoms with van der Waals surface area (Å²) in [6.45, 7) is -0.158. The van der Waals surface area contributed by atoms with Crippen LogP contribution in [0.3, 0.4) is 0 Å². The molecule has 0 spiro atoms. The van der Waals surface area contributed by atoms with E-state index in [1.807, 2.05) is 5.32 Å². The number of nitrogens with zero attached hydrogens (tertiary/aromatic N) is 2. The first-order valence-electron chi connectivity index (χ1n) is 6.95. The third-order valence-corrected chi connectivity index (χ3v) is 3.89. The summed E-state index contributed by atoms with van der Waals surface area (Å²) in [7, 11) is 0. The standard InChI is InChI=1S/C14H12F3N3O3/c15-7-3-4-8(12(17)11(7)16)18-10(21)6-20-13(22)9-2-1-5-19(9)14(20)23/h3-4,9H,1-2,5-6H2,(H,18,21). The molecule has 6 nitrogen and oxygen atoms in total. The van der Waals surface area contributed by atoms with Crippen LogP contribution in [0, 0.1) is 17.5 Å². The van der Waals surface area contributed by atoms with Gasteiger partial charge in [0.05, 0.1) is 5.69 Å². The van der Waals surface area contributed by atoms with E-state index in [9.17, 15) is 27.6 Å². The lowest BCUT2D eigenvalue weighted by atomic mass is 10.2. The van der Waals surface area contributed by atoms with Gasteiger partial charge in [0.15, 0.2) is 17.5 Å². The van der Waals surface area contributed by atoms with Crippen molar-refractivity contribution in [3.63, 3.8) is 0 Å². The number of amides is 4. The maximum absolute atomic E-state index is 13.5. The third-order valence-electron chi connectivity index (χ3n) is 3.89. The Labute approximate surface area is 128 Å². The highest BCUT2D eigenvalue weighted by Crippen LogP contribution is 2.27. The molecule has 1 aromatic carbocycles. The van der Waals surface area contributed by atoms with Crippen molar-refractivity contribution in [3.05, 3.63) is 29.6 Å². The molecule has 3 rings (SSSR count). The van der Waals surface area contributed by atoms with E-state index in [0.29, 0.717) is 19.0 Å². The molecular formula is C14H12F3N3O3. The molecule has 0 bridgehead atoms. The van der Waals surface area contributed by atoms with E-state index >= 15 is 0 Å². The number of carbonyl (C=O) groups is 3. The molecule has 0 radical (unpaired) electrons. The van der Waals surface area contributed by atoms with Crippen molar-refractivity contribution in [2.75, 3.05) is 18.4 Å². The average Bonchev–Trinajstić information content (AvgIpc) is 3.08. The SMILES string of the molecule is O=C(CN1C(=O)C2CCCN2C1=O)Nc1ccc(F)c(F)c1F. The van der Waals surface area contributed by atoms with Gasteiger partial charge in [-0.15, -0.1) is 0 Å². The van der Waals surface area contributed by atoms with E-state index in [2.05, 4.69) is 0 Å². The van der Waals surface area contributed by atoms with Crippen molar-refractivity contribution in [1.82, 2.24) is 9.80 Å². The molecule has 2 saturated heterocycles. The fraction of sp³-hybridized carbons (Fsp3) is 0.357. The molecule has 2 fully saturated rings. The minimum Gasteiger partial charge on any atom is -0.322 e. The number of halogens is 3. The van der Waals surface area contributed by atoms with Gasteiger partial charge in [-0.25, -0.2) is 18.0 Å². The summed E-state index contributed by atoms with van der Waals surface area (Å²) >= 11 is 0. The maximum atomic E-state index is 13.5. The maximum Gasteiger partial charge on any atom is 0.327 e. The minimum absolute atomic E-state index is 0.450. The first-order chi connectivity index (χ1) is 10.9. The minimum atomic E-state index is -1.71. The lowest BCUT2D eigenvalue weighted by Gasteiger charge is -2.15. The van der Waals surface area contributed by atoms with E-state index < -0.39 is 53.6 Å². The fourth-order valence-electron chi connectivity index (χ4n) is 2.78. The van der Waals surface area contributed by atoms with Gasteiger partial charge >= 0.3 is 6.03 Å². The van der Waals surface area contributed by atoms with Gasteiger partial charge in [0.2, 0.25) is 5.91 Å². The van der Waals surface area contributed by atoms with Crippen LogP contribution in [0.25, 0.3) is 0 Å². The van der Waals surface area contributed by atoms with Gasteiger partial charge in [0.1, 0.15) is 12.6 Å². The van der Waals surface area contributed by atoms with E-state index in [0.717, 1.165) is 17.4 Å². The van der Waals surface area contributed by atoms with Gasteiger partial charge in [0.25, 0.3) is 5.91 Å². The van der Waals surface area contributed by atoms with Crippen molar-refractivity contribution in [2.45, 2.75) is 18.9 Å². The van der Waals surface area contributed by atoms with Gasteiger partial charge in [-0.3, -0.25) is 14.5 Å². The Balaban J connectivity index is 1.70. The number of fused-ring (bicyclic) bond motifs is 1. The Morgan fingerprint density at radius 3 is 2.65 bits per heavy atom. The van der Waals surface area contributed by atoms with Crippen LogP contribution < -0.4 is 5.32 Å². The van der Waals surface area contributed by atoms with Crippen molar-refractivity contribution in [2.24, 2.45) is 0 Å². The van der Waals surface area contributed by atoms with Crippen molar-refractivity contribution >= 4 is 23.5 Å². The third kappa shape index (κ3) is 2.51. The number of nitrogens with one attached hydrogen (secondary N) is 1. The molecule has 1 aromatic rings. The molecule has 1 N–H and O–H groups in total. The van der Waals surface area contributed by atoms with Crippen LogP contribution in [0.5, 0.6) is 0 Å². The molecule has 2 heterocycles. The number of anilines is 1. The van der Waals surface area contributed by atoms with Crippen LogP contribution >= 0.6 is 0 Å². The van der Waals surface area contributed by atoms with Crippen LogP contribution in [0.2, 0.25) is 0 Å². The summed E-state index contributed by atoms with van der Waals surface area (Å²) in [6, 6.07) is 0.405. The fourth-order valence-corrected chi connectivity index (χ4v) is 2.78. The summed E-state index contributed by atoms with van der Waals surface area (Å²) in [4.78, 5) is 38.1. The second-order valence-corrected chi connectivity index (χ2v) is 5.33. The molecule has 9 heteroatoms. The van der Waals surface area contributed by atoms with Gasteiger partial charge < -0.3 is 10.2 Å². The second kappa shape index (κ2) is 5.56. The Hall–Kier alpha value is -2.58. The number of carbonyl (C=O) groups excluding carboxylic acids is 3. The summed E-state index contributed by atoms with van der Waals surface area (Å²) < 4.78 is 39.4. The zero-order valence-corrected chi connectivity index (χ0v) is 11.8. The number of urea groups is 1. The molecule has 122 valence electrons. The lowest BCUT2D eigenvalue weighted by Crippen LogP contribution is -2.39. The van der Waals surface area contributed by atoms with Crippen LogP contribution in [0.4, 0.5) is 23.7 Å². The first-order valence-corrected chi connectivity index (χ1v) is 6.95. The molecule has 4 amide bonds. The van der Waals surface area contributed by atoms with E-state index in [-0.39, 0.29) is 0 Å². The number of benzene rings is 1. The van der Waals surface area contributed by atoms with Gasteiger partial charge in [-0.05, 0) is 25.0 Å². The largest absolute Gasteiger partial charge is 0.327 e. The molecule has 0 aromatic heterocycles. The zero-order valence-electron chi connectivity index (χ0n) is 11.8. The van der Waals surface area contributed by atoms with Crippen molar-refractivity contribution in [3.8, 4) is 0 Å². The topological polar surface area (TPSA) is 69.7 Å². The molecular weight excluding hydrogens is 315 g/mol. The van der Waals surface area contributed by atoms with Crippen molar-refractivity contribution in [1.29, 1.82) is 0 Å². The molecule has 2 aliphatic rings. The molecule has 0 aliphatic carbocycles. The summed E-state index contributed by atoms with van der Waals surface area (Å²) in [5.74, 6) is -5.99. The van der Waals surface area contributed by atoms with Crippen LogP contribution in [0.1, 0.15) is 12.8 Å². The zero-order chi connectivity index (χ0) is 16.7. The smallest absolute Gasteiger partial charge is 0.322 e. The van der Waals surface area contributed by atoms with Gasteiger partial charge in [0, 0.05) is 6.54 Å². The Kier molecular flexibility index (Phi) is 3.70. The molecule has 2 aliphatic heterocycles. The summed E-state index contributed by atoms with van der Waals surface area (Å²) in [5, 5.41) is 2.03. The first kappa shape index (κ1) is 15.3. The molecule has 1 atom stereocenters. The normalized spacial score (nSPS) is 20.2. The van der Waals surface area contributed by atoms with Crippen LogP contribution in [-0.4, -0.2) is 46.8 Å². The number of hydrogen-bond acceptors (Lipinski definition) is 3. The molecule has 1 unspecified atom stereocenters. The predicted octanol–water partition coefficient (Wildman–Crippen LogP) is 1.47. The van der Waals surface area contributed by atoms with E-state index in [1.54, 1.807) is 0 Å². The molecule has 0 saturated carbocycles. The van der Waals surface area contributed by atoms with E-state index in [1.165, 1.54) is 4.90 Å². The Morgan fingerprint density at radius 1 is 1.22 bits per heavy atom. The highest BCUT2D eigenvalue weighted by atomic mass is 19.2. The highest BCUT2D eigenvalue weighted by Gasteiger charge is 2.47. The Bertz CT molecular complexity index is 688. The van der Waals surface area contributed by atoms with Gasteiger partial charge in [-0.1, -0.05) is 0 Å². The highest BCUT2D eigenvalue weighted by molar-refractivity contribution is 6.08. The quantitative estimate of drug-likeness (QED) is 0.675. The Morgan fingerprint density at radius 2 is 1.96 bits per heavy atom. The molecule has 23 heavy (non-hydrogen) atoms. The average molecular weight is 327 g/mol. The summed E-state index contributed by atoms with van der Waals surface area (Å²) in [5.41, 5.74) is -0.562. The second-order valence-electron chi connectivity index (χ2n) is 5.33. The van der Waals surface area contributed by atoms with Crippen molar-refractivity contribution < 1.29 is 27.6 Å². The van der Waals surface area contributed by atoms with Crippen LogP contribution in [-0.2, 0) is 9.59 Å². The number of rotatable bonds is 3. The lowest BCUT2D eigenvalue weighted by molar-refractivity contribution is -0.131. The van der Waals surface area contributed by atoms with Crippen LogP contribution in [0.15, 0.2) is 12.1 Å². The predicted molar refractivity (Wildman–Crippen MR) is 71.8 cm³/mol. The van der Waals surface area contributed by atoms with Gasteiger partial charge in [-0.2, -0.15) is 0 Å².